The van der Waals surface area contributed by atoms with Gasteiger partial charge < -0.3 is 9.84 Å². The minimum absolute atomic E-state index is 0.247. The smallest absolute Gasteiger partial charge is 0.332 e. The number of aromatic nitrogens is 3. The number of nitrogens with one attached hydrogen (secondary N) is 1. The van der Waals surface area contributed by atoms with Crippen molar-refractivity contribution in [2.24, 2.45) is 0 Å². The molecule has 0 aromatic carbocycles. The molecule has 2 atom stereocenters. The quantitative estimate of drug-likeness (QED) is 0.679. The van der Waals surface area contributed by atoms with Gasteiger partial charge in [0, 0.05) is 0 Å². The molecule has 0 spiro atoms. The normalized spacial score (nSPS) is 27.7. The molecule has 6 heteroatoms. The summed E-state index contributed by atoms with van der Waals surface area (Å²) in [6.07, 6.45) is 1.64. The van der Waals surface area contributed by atoms with Crippen LogP contribution in [0, 0.1) is 0 Å². The summed E-state index contributed by atoms with van der Waals surface area (Å²) in [6, 6.07) is 0. The minimum Gasteiger partial charge on any atom is -0.479 e. The molecule has 1 aromatic rings. The van der Waals surface area contributed by atoms with Crippen LogP contribution in [-0.2, 0) is 9.53 Å². The van der Waals surface area contributed by atoms with E-state index in [9.17, 15) is 4.79 Å². The second-order valence-corrected chi connectivity index (χ2v) is 2.90. The molecule has 0 radical (unpaired) electrons. The van der Waals surface area contributed by atoms with Gasteiger partial charge in [-0.25, -0.2) is 9.78 Å². The Morgan fingerprint density at radius 1 is 1.69 bits per heavy atom. The van der Waals surface area contributed by atoms with Crippen LogP contribution in [0.5, 0.6) is 0 Å². The molecule has 0 saturated carbocycles. The first-order valence-corrected chi connectivity index (χ1v) is 4.01. The highest BCUT2D eigenvalue weighted by Gasteiger charge is 2.32. The molecule has 6 nitrogen and oxygen atoms in total. The van der Waals surface area contributed by atoms with Crippen LogP contribution in [0.3, 0.4) is 0 Å². The fourth-order valence-corrected chi connectivity index (χ4v) is 1.39. The standard InChI is InChI=1S/C7H9N3O3/c11-7(12)5-2-1-4(13-5)6-8-3-9-10-6/h3-5H,1-2H2,(H,11,12)(H,8,9,10)/t4-,5+/m1/s1. The summed E-state index contributed by atoms with van der Waals surface area (Å²) < 4.78 is 5.23. The number of nitrogens with zero attached hydrogens (tertiary/aromatic N) is 2. The van der Waals surface area contributed by atoms with E-state index in [0.717, 1.165) is 0 Å². The first kappa shape index (κ1) is 8.18. The molecule has 1 aliphatic heterocycles. The third-order valence-electron chi connectivity index (χ3n) is 2.03. The molecule has 1 aromatic heterocycles. The third-order valence-corrected chi connectivity index (χ3v) is 2.03. The molecule has 0 unspecified atom stereocenters. The maximum Gasteiger partial charge on any atom is 0.332 e. The van der Waals surface area contributed by atoms with Gasteiger partial charge in [0.1, 0.15) is 12.4 Å². The lowest BCUT2D eigenvalue weighted by atomic mass is 10.2. The van der Waals surface area contributed by atoms with Crippen molar-refractivity contribution in [1.29, 1.82) is 0 Å². The van der Waals surface area contributed by atoms with Gasteiger partial charge in [-0.05, 0) is 12.8 Å². The van der Waals surface area contributed by atoms with E-state index in [1.165, 1.54) is 6.33 Å². The van der Waals surface area contributed by atoms with E-state index in [1.54, 1.807) is 0 Å². The summed E-state index contributed by atoms with van der Waals surface area (Å²) in [4.78, 5) is 14.5. The van der Waals surface area contributed by atoms with Crippen LogP contribution in [0.15, 0.2) is 6.33 Å². The largest absolute Gasteiger partial charge is 0.479 e. The van der Waals surface area contributed by atoms with Crippen molar-refractivity contribution in [2.45, 2.75) is 25.0 Å². The molecule has 1 aliphatic rings. The molecule has 0 amide bonds. The Kier molecular flexibility index (Phi) is 1.97. The van der Waals surface area contributed by atoms with Crippen molar-refractivity contribution >= 4 is 5.97 Å². The van der Waals surface area contributed by atoms with Crippen LogP contribution < -0.4 is 0 Å². The van der Waals surface area contributed by atoms with E-state index in [1.807, 2.05) is 0 Å². The van der Waals surface area contributed by atoms with Gasteiger partial charge in [-0.2, -0.15) is 5.10 Å². The van der Waals surface area contributed by atoms with Crippen molar-refractivity contribution in [1.82, 2.24) is 15.2 Å². The number of ether oxygens (including phenoxy) is 1. The third kappa shape index (κ3) is 1.52. The number of rotatable bonds is 2. The van der Waals surface area contributed by atoms with E-state index in [0.29, 0.717) is 18.7 Å². The fourth-order valence-electron chi connectivity index (χ4n) is 1.39. The Bertz CT molecular complexity index is 298. The lowest BCUT2D eigenvalue weighted by Gasteiger charge is -2.06. The predicted molar refractivity (Wildman–Crippen MR) is 40.9 cm³/mol. The van der Waals surface area contributed by atoms with Gasteiger partial charge in [-0.3, -0.25) is 5.10 Å². The second-order valence-electron chi connectivity index (χ2n) is 2.90. The number of carboxylic acid groups (broad SMARTS) is 1. The molecule has 1 saturated heterocycles. The number of carboxylic acids is 1. The average Bonchev–Trinajstić information content (AvgIpc) is 2.75. The summed E-state index contributed by atoms with van der Waals surface area (Å²) in [6.45, 7) is 0. The van der Waals surface area contributed by atoms with E-state index in [4.69, 9.17) is 9.84 Å². The van der Waals surface area contributed by atoms with Crippen LogP contribution in [0.2, 0.25) is 0 Å². The van der Waals surface area contributed by atoms with Crippen LogP contribution in [0.4, 0.5) is 0 Å². The van der Waals surface area contributed by atoms with Crippen LogP contribution in [-0.4, -0.2) is 32.4 Å². The minimum atomic E-state index is -0.915. The Labute approximate surface area is 73.9 Å². The molecule has 0 aliphatic carbocycles. The highest BCUT2D eigenvalue weighted by molar-refractivity contribution is 5.72. The van der Waals surface area contributed by atoms with Crippen molar-refractivity contribution in [3.8, 4) is 0 Å². The molecule has 1 fully saturated rings. The van der Waals surface area contributed by atoms with Gasteiger partial charge in [0.05, 0.1) is 0 Å². The van der Waals surface area contributed by atoms with Crippen LogP contribution >= 0.6 is 0 Å². The number of aromatic amines is 1. The van der Waals surface area contributed by atoms with Crippen LogP contribution in [0.25, 0.3) is 0 Å². The van der Waals surface area contributed by atoms with Gasteiger partial charge >= 0.3 is 5.97 Å². The molecular formula is C7H9N3O3. The molecule has 70 valence electrons. The van der Waals surface area contributed by atoms with Crippen molar-refractivity contribution in [3.05, 3.63) is 12.2 Å². The van der Waals surface area contributed by atoms with Crippen molar-refractivity contribution in [3.63, 3.8) is 0 Å². The van der Waals surface area contributed by atoms with E-state index in [-0.39, 0.29) is 6.10 Å². The second kappa shape index (κ2) is 3.14. The zero-order valence-corrected chi connectivity index (χ0v) is 6.80. The summed E-state index contributed by atoms with van der Waals surface area (Å²) in [5.74, 6) is -0.314. The molecule has 2 rings (SSSR count). The van der Waals surface area contributed by atoms with Crippen molar-refractivity contribution in [2.75, 3.05) is 0 Å². The monoisotopic (exact) mass is 183 g/mol. The summed E-state index contributed by atoms with van der Waals surface area (Å²) in [7, 11) is 0. The first-order chi connectivity index (χ1) is 6.27. The zero-order valence-electron chi connectivity index (χ0n) is 6.80. The lowest BCUT2D eigenvalue weighted by molar-refractivity contribution is -0.149. The van der Waals surface area contributed by atoms with E-state index >= 15 is 0 Å². The SMILES string of the molecule is O=C(O)[C@@H]1CC[C@H](c2ncn[nH]2)O1. The highest BCUT2D eigenvalue weighted by atomic mass is 16.5. The molecule has 2 N–H and O–H groups in total. The maximum absolute atomic E-state index is 10.5. The number of carbonyl (C=O) groups is 1. The van der Waals surface area contributed by atoms with Gasteiger partial charge in [-0.15, -0.1) is 0 Å². The molecule has 2 heterocycles. The van der Waals surface area contributed by atoms with Gasteiger partial charge in [0.2, 0.25) is 0 Å². The predicted octanol–water partition coefficient (Wildman–Crippen LogP) is 0.109. The van der Waals surface area contributed by atoms with E-state index < -0.39 is 12.1 Å². The van der Waals surface area contributed by atoms with Gasteiger partial charge in [0.25, 0.3) is 0 Å². The van der Waals surface area contributed by atoms with Gasteiger partial charge in [0.15, 0.2) is 11.9 Å². The molecule has 13 heavy (non-hydrogen) atoms. The Balaban J connectivity index is 2.03. The number of aliphatic carboxylic acids is 1. The Hall–Kier alpha value is -1.43. The average molecular weight is 183 g/mol. The van der Waals surface area contributed by atoms with Crippen molar-refractivity contribution < 1.29 is 14.6 Å². The lowest BCUT2D eigenvalue weighted by Crippen LogP contribution is -2.18. The first-order valence-electron chi connectivity index (χ1n) is 4.01. The molecular weight excluding hydrogens is 174 g/mol. The maximum atomic E-state index is 10.5. The summed E-state index contributed by atoms with van der Waals surface area (Å²) >= 11 is 0. The summed E-state index contributed by atoms with van der Waals surface area (Å²) in [5.41, 5.74) is 0. The Morgan fingerprint density at radius 3 is 3.08 bits per heavy atom. The fraction of sp³-hybridized carbons (Fsp3) is 0.571. The highest BCUT2D eigenvalue weighted by Crippen LogP contribution is 2.30. The molecule has 0 bridgehead atoms. The van der Waals surface area contributed by atoms with Gasteiger partial charge in [-0.1, -0.05) is 0 Å². The zero-order chi connectivity index (χ0) is 9.26. The van der Waals surface area contributed by atoms with Crippen LogP contribution in [0.1, 0.15) is 24.8 Å². The Morgan fingerprint density at radius 2 is 2.54 bits per heavy atom. The number of H-pyrrole nitrogens is 1. The number of hydrogen-bond acceptors (Lipinski definition) is 4. The summed E-state index contributed by atoms with van der Waals surface area (Å²) in [5, 5.41) is 15.0. The topological polar surface area (TPSA) is 88.1 Å². The van der Waals surface area contributed by atoms with E-state index in [2.05, 4.69) is 15.2 Å². The number of hydrogen-bond donors (Lipinski definition) is 2.